The third-order valence-electron chi connectivity index (χ3n) is 5.50. The van der Waals surface area contributed by atoms with Gasteiger partial charge in [0.2, 0.25) is 5.91 Å². The van der Waals surface area contributed by atoms with E-state index in [2.05, 4.69) is 5.32 Å². The third-order valence-corrected chi connectivity index (χ3v) is 8.90. The predicted octanol–water partition coefficient (Wildman–Crippen LogP) is 1.46. The highest BCUT2D eigenvalue weighted by Crippen LogP contribution is 2.39. The van der Waals surface area contributed by atoms with Crippen molar-refractivity contribution in [1.29, 1.82) is 0 Å². The van der Waals surface area contributed by atoms with Crippen LogP contribution in [0.25, 0.3) is 0 Å². The van der Waals surface area contributed by atoms with Gasteiger partial charge in [0.1, 0.15) is 0 Å². The molecule has 2 saturated heterocycles. The first-order chi connectivity index (χ1) is 10.5. The highest BCUT2D eigenvalue weighted by molar-refractivity contribution is 8.00. The van der Waals surface area contributed by atoms with E-state index in [0.717, 1.165) is 25.0 Å². The molecule has 8 heteroatoms. The van der Waals surface area contributed by atoms with Crippen LogP contribution in [0.4, 0.5) is 0 Å². The molecule has 3 aliphatic rings. The van der Waals surface area contributed by atoms with Gasteiger partial charge in [-0.05, 0) is 38.8 Å². The molecule has 3 fully saturated rings. The Morgan fingerprint density at radius 1 is 1.22 bits per heavy atom. The van der Waals surface area contributed by atoms with Crippen LogP contribution in [0.1, 0.15) is 38.5 Å². The van der Waals surface area contributed by atoms with Crippen molar-refractivity contribution in [1.82, 2.24) is 10.2 Å². The van der Waals surface area contributed by atoms with Crippen molar-refractivity contribution in [2.45, 2.75) is 54.6 Å². The number of rotatable bonds is 2. The van der Waals surface area contributed by atoms with Crippen molar-refractivity contribution in [2.75, 3.05) is 31.6 Å². The SMILES string of the molecule is CS(=O)(=O)C1(C(=O)N2CCSC3CCCCC32)CCNCC1.Cl. The minimum absolute atomic E-state index is 0. The molecule has 23 heavy (non-hydrogen) atoms. The van der Waals surface area contributed by atoms with Crippen LogP contribution < -0.4 is 5.32 Å². The summed E-state index contributed by atoms with van der Waals surface area (Å²) in [5, 5.41) is 3.69. The van der Waals surface area contributed by atoms with Gasteiger partial charge in [0.15, 0.2) is 14.6 Å². The van der Waals surface area contributed by atoms with Gasteiger partial charge in [-0.2, -0.15) is 11.8 Å². The van der Waals surface area contributed by atoms with E-state index in [9.17, 15) is 13.2 Å². The summed E-state index contributed by atoms with van der Waals surface area (Å²) in [7, 11) is -3.41. The topological polar surface area (TPSA) is 66.5 Å². The summed E-state index contributed by atoms with van der Waals surface area (Å²) in [6, 6.07) is 0.244. The van der Waals surface area contributed by atoms with Gasteiger partial charge in [-0.1, -0.05) is 12.8 Å². The first-order valence-corrected chi connectivity index (χ1v) is 11.2. The van der Waals surface area contributed by atoms with Crippen LogP contribution >= 0.6 is 24.2 Å². The molecule has 3 rings (SSSR count). The number of piperidine rings is 1. The van der Waals surface area contributed by atoms with Crippen LogP contribution in [-0.4, -0.2) is 66.9 Å². The zero-order chi connectivity index (χ0) is 15.8. The molecule has 0 aromatic heterocycles. The summed E-state index contributed by atoms with van der Waals surface area (Å²) in [6.07, 6.45) is 6.63. The third kappa shape index (κ3) is 3.53. The van der Waals surface area contributed by atoms with E-state index in [1.165, 1.54) is 12.7 Å². The smallest absolute Gasteiger partial charge is 0.244 e. The van der Waals surface area contributed by atoms with E-state index in [1.807, 2.05) is 16.7 Å². The van der Waals surface area contributed by atoms with E-state index in [4.69, 9.17) is 0 Å². The van der Waals surface area contributed by atoms with Crippen LogP contribution in [0.15, 0.2) is 0 Å². The number of fused-ring (bicyclic) bond motifs is 1. The number of halogens is 1. The maximum absolute atomic E-state index is 13.3. The monoisotopic (exact) mass is 382 g/mol. The highest BCUT2D eigenvalue weighted by Gasteiger charge is 2.52. The Bertz CT molecular complexity index is 533. The highest BCUT2D eigenvalue weighted by atomic mass is 35.5. The second kappa shape index (κ2) is 7.50. The molecule has 134 valence electrons. The minimum Gasteiger partial charge on any atom is -0.336 e. The molecule has 0 radical (unpaired) electrons. The number of sulfone groups is 1. The van der Waals surface area contributed by atoms with Crippen molar-refractivity contribution in [3.63, 3.8) is 0 Å². The van der Waals surface area contributed by atoms with Crippen molar-refractivity contribution in [3.8, 4) is 0 Å². The van der Waals surface area contributed by atoms with E-state index in [0.29, 0.717) is 37.7 Å². The van der Waals surface area contributed by atoms with Gasteiger partial charge in [0, 0.05) is 29.8 Å². The molecule has 1 aliphatic carbocycles. The summed E-state index contributed by atoms with van der Waals surface area (Å²) >= 11 is 1.97. The normalized spacial score (nSPS) is 30.9. The Balaban J connectivity index is 0.00000192. The summed E-state index contributed by atoms with van der Waals surface area (Å²) in [6.45, 7) is 1.92. The molecular formula is C15H27ClN2O3S2. The molecule has 2 atom stereocenters. The lowest BCUT2D eigenvalue weighted by Crippen LogP contribution is -2.63. The zero-order valence-electron chi connectivity index (χ0n) is 13.6. The standard InChI is InChI=1S/C15H26N2O3S2.ClH/c1-22(19,20)15(6-8-16-9-7-15)14(18)17-10-11-21-13-5-3-2-4-12(13)17;/h12-13,16H,2-11H2,1H3;1H. The summed E-state index contributed by atoms with van der Waals surface area (Å²) in [5.41, 5.74) is 0. The van der Waals surface area contributed by atoms with Gasteiger partial charge in [0.05, 0.1) is 0 Å². The maximum atomic E-state index is 13.3. The van der Waals surface area contributed by atoms with Crippen LogP contribution in [0.5, 0.6) is 0 Å². The second-order valence-corrected chi connectivity index (χ2v) is 10.4. The molecule has 2 unspecified atom stereocenters. The lowest BCUT2D eigenvalue weighted by atomic mass is 9.90. The molecule has 5 nitrogen and oxygen atoms in total. The molecule has 0 spiro atoms. The molecule has 2 heterocycles. The molecule has 0 aromatic rings. The lowest BCUT2D eigenvalue weighted by molar-refractivity contribution is -0.137. The Morgan fingerprint density at radius 3 is 2.52 bits per heavy atom. The summed E-state index contributed by atoms with van der Waals surface area (Å²) in [5.74, 6) is 0.819. The van der Waals surface area contributed by atoms with Crippen molar-refractivity contribution in [3.05, 3.63) is 0 Å². The lowest BCUT2D eigenvalue weighted by Gasteiger charge is -2.47. The fraction of sp³-hybridized carbons (Fsp3) is 0.933. The number of amides is 1. The van der Waals surface area contributed by atoms with Gasteiger partial charge >= 0.3 is 0 Å². The van der Waals surface area contributed by atoms with Gasteiger partial charge in [0.25, 0.3) is 0 Å². The first kappa shape index (κ1) is 19.3. The Labute approximate surface area is 149 Å². The fourth-order valence-electron chi connectivity index (χ4n) is 4.18. The number of nitrogens with one attached hydrogen (secondary N) is 1. The molecule has 1 saturated carbocycles. The molecule has 0 aromatic carbocycles. The van der Waals surface area contributed by atoms with Gasteiger partial charge in [-0.15, -0.1) is 12.4 Å². The average Bonchev–Trinajstić information content (AvgIpc) is 2.53. The average molecular weight is 383 g/mol. The minimum atomic E-state index is -3.41. The van der Waals surface area contributed by atoms with Crippen molar-refractivity contribution < 1.29 is 13.2 Å². The predicted molar refractivity (Wildman–Crippen MR) is 97.1 cm³/mol. The molecular weight excluding hydrogens is 356 g/mol. The Hall–Kier alpha value is 0.0200. The van der Waals surface area contributed by atoms with E-state index >= 15 is 0 Å². The quantitative estimate of drug-likeness (QED) is 0.783. The number of hydrogen-bond acceptors (Lipinski definition) is 5. The number of nitrogens with zero attached hydrogens (tertiary/aromatic N) is 1. The Morgan fingerprint density at radius 2 is 1.87 bits per heavy atom. The van der Waals surface area contributed by atoms with Gasteiger partial charge in [-0.25, -0.2) is 8.42 Å². The molecule has 1 amide bonds. The number of carbonyl (C=O) groups is 1. The second-order valence-electron chi connectivity index (χ2n) is 6.78. The Kier molecular flexibility index (Phi) is 6.31. The molecule has 0 bridgehead atoms. The number of carbonyl (C=O) groups excluding carboxylic acids is 1. The van der Waals surface area contributed by atoms with Crippen molar-refractivity contribution >= 4 is 39.9 Å². The van der Waals surface area contributed by atoms with Crippen LogP contribution in [0.2, 0.25) is 0 Å². The van der Waals surface area contributed by atoms with Crippen LogP contribution in [0.3, 0.4) is 0 Å². The molecule has 2 aliphatic heterocycles. The van der Waals surface area contributed by atoms with Gasteiger partial charge < -0.3 is 10.2 Å². The largest absolute Gasteiger partial charge is 0.336 e. The zero-order valence-corrected chi connectivity index (χ0v) is 16.1. The fourth-order valence-corrected chi connectivity index (χ4v) is 7.01. The van der Waals surface area contributed by atoms with E-state index in [1.54, 1.807) is 0 Å². The number of thioether (sulfide) groups is 1. The number of hydrogen-bond donors (Lipinski definition) is 1. The van der Waals surface area contributed by atoms with Gasteiger partial charge in [-0.3, -0.25) is 4.79 Å². The van der Waals surface area contributed by atoms with E-state index < -0.39 is 14.6 Å². The molecule has 1 N–H and O–H groups in total. The first-order valence-electron chi connectivity index (χ1n) is 8.29. The van der Waals surface area contributed by atoms with E-state index in [-0.39, 0.29) is 24.4 Å². The van der Waals surface area contributed by atoms with Crippen LogP contribution in [-0.2, 0) is 14.6 Å². The van der Waals surface area contributed by atoms with Crippen molar-refractivity contribution in [2.24, 2.45) is 0 Å². The summed E-state index contributed by atoms with van der Waals surface area (Å²) < 4.78 is 23.8. The maximum Gasteiger partial charge on any atom is 0.244 e. The van der Waals surface area contributed by atoms with Crippen LogP contribution in [0, 0.1) is 0 Å². The summed E-state index contributed by atoms with van der Waals surface area (Å²) in [4.78, 5) is 15.2.